The molecule has 1 atom stereocenters. The lowest BCUT2D eigenvalue weighted by atomic mass is 9.78. The smallest absolute Gasteiger partial charge is 0.269 e. The maximum Gasteiger partial charge on any atom is 0.269 e. The van der Waals surface area contributed by atoms with Crippen LogP contribution in [0.3, 0.4) is 0 Å². The molecule has 3 aromatic heterocycles. The van der Waals surface area contributed by atoms with Crippen LogP contribution in [0.15, 0.2) is 206 Å². The predicted molar refractivity (Wildman–Crippen MR) is 271 cm³/mol. The molecule has 5 nitrogen and oxygen atoms in total. The number of rotatable bonds is 9. The highest BCUT2D eigenvalue weighted by Gasteiger charge is 2.24. The Hall–Kier alpha value is -8.02. The van der Waals surface area contributed by atoms with E-state index in [2.05, 4.69) is 249 Å². The third-order valence-corrected chi connectivity index (χ3v) is 13.3. The molecule has 0 saturated carbocycles. The number of hydrogen-bond donors (Lipinski definition) is 0. The minimum Gasteiger partial charge on any atom is -0.458 e. The van der Waals surface area contributed by atoms with Crippen molar-refractivity contribution in [3.05, 3.63) is 224 Å². The number of pyridine rings is 1. The Bertz CT molecular complexity index is 3500. The van der Waals surface area contributed by atoms with Crippen molar-refractivity contribution in [2.24, 2.45) is 5.41 Å². The minimum absolute atomic E-state index is 0.0983. The largest absolute Gasteiger partial charge is 0.458 e. The summed E-state index contributed by atoms with van der Waals surface area (Å²) in [6, 6.07) is 70.8. The number of nitrogens with zero attached hydrogens (tertiary/aromatic N) is 4. The van der Waals surface area contributed by atoms with Gasteiger partial charge in [0.1, 0.15) is 17.3 Å². The second-order valence-electron chi connectivity index (χ2n) is 18.4. The Balaban J connectivity index is 1.03. The first-order valence-corrected chi connectivity index (χ1v) is 22.8. The summed E-state index contributed by atoms with van der Waals surface area (Å²) in [5, 5.41) is 2.30. The minimum atomic E-state index is 0.0983. The monoisotopic (exact) mass is 854 g/mol. The summed E-state index contributed by atoms with van der Waals surface area (Å²) in [4.78, 5) is 5.00. The first-order chi connectivity index (χ1) is 32.2. The van der Waals surface area contributed by atoms with Gasteiger partial charge in [-0.05, 0) is 117 Å². The van der Waals surface area contributed by atoms with Gasteiger partial charge in [-0.3, -0.25) is 13.7 Å². The summed E-state index contributed by atoms with van der Waals surface area (Å²) in [5.41, 5.74) is 15.7. The van der Waals surface area contributed by atoms with E-state index in [0.717, 1.165) is 84.0 Å². The van der Waals surface area contributed by atoms with Crippen LogP contribution in [-0.2, 0) is 0 Å². The molecule has 0 bridgehead atoms. The van der Waals surface area contributed by atoms with Crippen molar-refractivity contribution in [1.29, 1.82) is 0 Å². The van der Waals surface area contributed by atoms with Crippen LogP contribution >= 0.6 is 0 Å². The normalized spacial score (nSPS) is 12.3. The third-order valence-electron chi connectivity index (χ3n) is 13.3. The Morgan fingerprint density at radius 1 is 0.545 bits per heavy atom. The SMILES string of the molecule is Cc1cccc2c1[n+](-c1c(-c3ccccc3)cccc1-c1ccccc1)[c-]n2-c1cccc(Oc2ccc3c4cc(-c5ccccc5)ccc4n(-c4cc(C(C)C(C)(C)C)ccn4)c3c2)c1. The first kappa shape index (κ1) is 40.7. The summed E-state index contributed by atoms with van der Waals surface area (Å²) in [6.07, 6.45) is 5.79. The highest BCUT2D eigenvalue weighted by atomic mass is 16.5. The van der Waals surface area contributed by atoms with Gasteiger partial charge in [0.05, 0.1) is 33.4 Å². The van der Waals surface area contributed by atoms with E-state index in [0.29, 0.717) is 5.92 Å². The van der Waals surface area contributed by atoms with Crippen LogP contribution < -0.4 is 9.30 Å². The van der Waals surface area contributed by atoms with Gasteiger partial charge in [-0.1, -0.05) is 167 Å². The number of fused-ring (bicyclic) bond motifs is 4. The molecule has 0 spiro atoms. The van der Waals surface area contributed by atoms with Crippen LogP contribution in [-0.4, -0.2) is 14.1 Å². The number of ether oxygens (including phenoxy) is 1. The lowest BCUT2D eigenvalue weighted by molar-refractivity contribution is -0.571. The van der Waals surface area contributed by atoms with Crippen molar-refractivity contribution < 1.29 is 9.30 Å². The standard InChI is InChI=1S/C61H50N4O/c1-41-18-15-29-56-59(41)64(60-51(44-21-11-7-12-22-44)27-17-28-52(60)45-23-13-8-14-24-45)40-63(56)48-25-16-26-49(38-48)66-50-31-32-53-54-36-47(43-19-9-6-10-20-43)30-33-55(54)65(57(53)39-50)58-37-46(34-35-62-58)42(2)61(3,4)5/h6-39,42H,1-5H3. The molecule has 0 aliphatic carbocycles. The summed E-state index contributed by atoms with van der Waals surface area (Å²) in [7, 11) is 0. The van der Waals surface area contributed by atoms with Crippen molar-refractivity contribution in [2.45, 2.75) is 40.5 Å². The predicted octanol–water partition coefficient (Wildman–Crippen LogP) is 15.5. The quantitative estimate of drug-likeness (QED) is 0.107. The van der Waals surface area contributed by atoms with E-state index >= 15 is 0 Å². The molecule has 3 heterocycles. The Morgan fingerprint density at radius 3 is 1.89 bits per heavy atom. The fourth-order valence-corrected chi connectivity index (χ4v) is 9.43. The highest BCUT2D eigenvalue weighted by Crippen LogP contribution is 2.40. The van der Waals surface area contributed by atoms with E-state index in [1.807, 2.05) is 12.3 Å². The van der Waals surface area contributed by atoms with E-state index in [1.165, 1.54) is 22.1 Å². The van der Waals surface area contributed by atoms with Gasteiger partial charge in [-0.15, -0.1) is 0 Å². The van der Waals surface area contributed by atoms with Crippen LogP contribution in [0, 0.1) is 18.7 Å². The number of aromatic nitrogens is 4. The number of aryl methyl sites for hydroxylation is 1. The van der Waals surface area contributed by atoms with E-state index in [4.69, 9.17) is 9.72 Å². The maximum atomic E-state index is 6.85. The van der Waals surface area contributed by atoms with Gasteiger partial charge in [0.2, 0.25) is 0 Å². The average Bonchev–Trinajstić information content (AvgIpc) is 3.90. The van der Waals surface area contributed by atoms with Crippen molar-refractivity contribution in [2.75, 3.05) is 0 Å². The molecule has 8 aromatic carbocycles. The zero-order valence-electron chi connectivity index (χ0n) is 37.9. The Kier molecular flexibility index (Phi) is 10.2. The topological polar surface area (TPSA) is 35.9 Å². The van der Waals surface area contributed by atoms with Gasteiger partial charge >= 0.3 is 0 Å². The molecular weight excluding hydrogens is 805 g/mol. The summed E-state index contributed by atoms with van der Waals surface area (Å²) < 4.78 is 13.6. The molecule has 0 amide bonds. The maximum absolute atomic E-state index is 6.85. The zero-order valence-corrected chi connectivity index (χ0v) is 37.9. The number of benzene rings is 8. The molecule has 0 radical (unpaired) electrons. The van der Waals surface area contributed by atoms with Crippen molar-refractivity contribution in [1.82, 2.24) is 14.1 Å². The van der Waals surface area contributed by atoms with Crippen LogP contribution in [0.4, 0.5) is 0 Å². The molecule has 0 aliphatic heterocycles. The Labute approximate surface area is 386 Å². The van der Waals surface area contributed by atoms with E-state index in [9.17, 15) is 0 Å². The molecule has 0 N–H and O–H groups in total. The second kappa shape index (κ2) is 16.5. The number of hydrogen-bond acceptors (Lipinski definition) is 2. The van der Waals surface area contributed by atoms with Crippen LogP contribution in [0.1, 0.15) is 44.7 Å². The van der Waals surface area contributed by atoms with Gasteiger partial charge in [0.15, 0.2) is 0 Å². The molecule has 0 saturated heterocycles. The van der Waals surface area contributed by atoms with E-state index in [-0.39, 0.29) is 5.41 Å². The fourth-order valence-electron chi connectivity index (χ4n) is 9.43. The summed E-state index contributed by atoms with van der Waals surface area (Å²) in [6.45, 7) is 11.4. The summed E-state index contributed by atoms with van der Waals surface area (Å²) >= 11 is 0. The van der Waals surface area contributed by atoms with Gasteiger partial charge in [-0.2, -0.15) is 0 Å². The molecule has 320 valence electrons. The lowest BCUT2D eigenvalue weighted by Gasteiger charge is -2.27. The van der Waals surface area contributed by atoms with Crippen molar-refractivity contribution in [3.63, 3.8) is 0 Å². The van der Waals surface area contributed by atoms with E-state index in [1.54, 1.807) is 0 Å². The van der Waals surface area contributed by atoms with E-state index < -0.39 is 0 Å². The number of imidazole rings is 1. The lowest BCUT2D eigenvalue weighted by Crippen LogP contribution is -2.32. The molecule has 5 heteroatoms. The molecule has 11 aromatic rings. The second-order valence-corrected chi connectivity index (χ2v) is 18.4. The van der Waals surface area contributed by atoms with Crippen LogP contribution in [0.25, 0.3) is 83.4 Å². The number of para-hydroxylation sites is 2. The van der Waals surface area contributed by atoms with Gasteiger partial charge in [-0.25, -0.2) is 4.98 Å². The molecule has 0 fully saturated rings. The average molecular weight is 855 g/mol. The summed E-state index contributed by atoms with van der Waals surface area (Å²) in [5.74, 6) is 2.69. The first-order valence-electron chi connectivity index (χ1n) is 22.8. The third kappa shape index (κ3) is 7.33. The molecule has 0 aliphatic rings. The fraction of sp³-hybridized carbons (Fsp3) is 0.115. The molecular formula is C61H50N4O. The van der Waals surface area contributed by atoms with Gasteiger partial charge < -0.3 is 4.74 Å². The Morgan fingerprint density at radius 2 is 1.20 bits per heavy atom. The molecule has 11 rings (SSSR count). The highest BCUT2D eigenvalue weighted by molar-refractivity contribution is 6.10. The van der Waals surface area contributed by atoms with Gasteiger partial charge in [0.25, 0.3) is 6.33 Å². The van der Waals surface area contributed by atoms with Crippen molar-refractivity contribution in [3.8, 4) is 62.1 Å². The van der Waals surface area contributed by atoms with Gasteiger partial charge in [0, 0.05) is 23.0 Å². The zero-order chi connectivity index (χ0) is 44.9. The molecule has 66 heavy (non-hydrogen) atoms. The molecule has 1 unspecified atom stereocenters. The van der Waals surface area contributed by atoms with Crippen LogP contribution in [0.2, 0.25) is 0 Å². The van der Waals surface area contributed by atoms with Crippen LogP contribution in [0.5, 0.6) is 11.5 Å². The van der Waals surface area contributed by atoms with Crippen molar-refractivity contribution >= 4 is 32.8 Å².